The highest BCUT2D eigenvalue weighted by atomic mass is 16.6. The Kier molecular flexibility index (Phi) is 9.95. The molecule has 10 heteroatoms. The summed E-state index contributed by atoms with van der Waals surface area (Å²) < 4.78 is 10.5. The van der Waals surface area contributed by atoms with Crippen molar-refractivity contribution in [3.8, 4) is 0 Å². The van der Waals surface area contributed by atoms with Crippen LogP contribution in [0.15, 0.2) is 70.9 Å². The van der Waals surface area contributed by atoms with E-state index in [2.05, 4.69) is 16.8 Å². The first kappa shape index (κ1) is 24.6. The van der Waals surface area contributed by atoms with Gasteiger partial charge in [0.15, 0.2) is 0 Å². The molecule has 0 aromatic heterocycles. The van der Waals surface area contributed by atoms with Gasteiger partial charge in [-0.1, -0.05) is 6.58 Å². The van der Waals surface area contributed by atoms with Crippen LogP contribution in [0.2, 0.25) is 0 Å². The van der Waals surface area contributed by atoms with Crippen molar-refractivity contribution in [2.24, 2.45) is 10.2 Å². The molecule has 1 N–H and O–H groups in total. The smallest absolute Gasteiger partial charge is 0.333 e. The molecule has 2 aromatic rings. The van der Waals surface area contributed by atoms with Crippen molar-refractivity contribution in [1.29, 1.82) is 0 Å². The van der Waals surface area contributed by atoms with Gasteiger partial charge in [-0.2, -0.15) is 10.2 Å². The Morgan fingerprint density at radius 3 is 2.12 bits per heavy atom. The number of azo groups is 1. The van der Waals surface area contributed by atoms with E-state index >= 15 is 0 Å². The molecular weight excluding hydrogens is 416 g/mol. The summed E-state index contributed by atoms with van der Waals surface area (Å²) in [6, 6.07) is 13.1. The SMILES string of the molecule is C=C(C)C(=O)OCCN(CCOCCO)c1ccc(/N=N/c2ccc([N+](=O)[O-])cc2)cc1. The van der Waals surface area contributed by atoms with E-state index in [0.29, 0.717) is 36.6 Å². The van der Waals surface area contributed by atoms with Crippen molar-refractivity contribution in [1.82, 2.24) is 0 Å². The molecule has 0 amide bonds. The number of rotatable bonds is 13. The summed E-state index contributed by atoms with van der Waals surface area (Å²) in [6.07, 6.45) is 0. The lowest BCUT2D eigenvalue weighted by Gasteiger charge is -2.24. The van der Waals surface area contributed by atoms with Crippen LogP contribution in [0.1, 0.15) is 6.92 Å². The number of benzene rings is 2. The molecule has 0 aliphatic heterocycles. The maximum absolute atomic E-state index is 11.6. The monoisotopic (exact) mass is 442 g/mol. The number of anilines is 1. The molecule has 0 fully saturated rings. The molecular formula is C22H26N4O6. The fourth-order valence-electron chi connectivity index (χ4n) is 2.57. The maximum atomic E-state index is 11.6. The zero-order valence-electron chi connectivity index (χ0n) is 17.8. The largest absolute Gasteiger partial charge is 0.460 e. The third kappa shape index (κ3) is 8.25. The number of nitrogens with zero attached hydrogens (tertiary/aromatic N) is 4. The third-order valence-corrected chi connectivity index (χ3v) is 4.24. The number of nitro groups is 1. The number of carbonyl (C=O) groups excluding carboxylic acids is 1. The predicted octanol–water partition coefficient (Wildman–Crippen LogP) is 3.94. The highest BCUT2D eigenvalue weighted by Gasteiger charge is 2.10. The highest BCUT2D eigenvalue weighted by Crippen LogP contribution is 2.23. The lowest BCUT2D eigenvalue weighted by atomic mass is 10.2. The summed E-state index contributed by atoms with van der Waals surface area (Å²) in [5, 5.41) is 27.8. The van der Waals surface area contributed by atoms with Crippen molar-refractivity contribution in [3.05, 3.63) is 70.8 Å². The van der Waals surface area contributed by atoms with Crippen molar-refractivity contribution in [2.45, 2.75) is 6.92 Å². The molecule has 10 nitrogen and oxygen atoms in total. The Labute approximate surface area is 185 Å². The van der Waals surface area contributed by atoms with Crippen LogP contribution in [0.3, 0.4) is 0 Å². The van der Waals surface area contributed by atoms with Gasteiger partial charge in [0.2, 0.25) is 0 Å². The Balaban J connectivity index is 2.01. The summed E-state index contributed by atoms with van der Waals surface area (Å²) in [5.74, 6) is -0.441. The fraction of sp³-hybridized carbons (Fsp3) is 0.318. The lowest BCUT2D eigenvalue weighted by molar-refractivity contribution is -0.384. The Morgan fingerprint density at radius 1 is 1.03 bits per heavy atom. The average molecular weight is 442 g/mol. The minimum Gasteiger partial charge on any atom is -0.460 e. The molecule has 0 aliphatic carbocycles. The summed E-state index contributed by atoms with van der Waals surface area (Å²) in [6.45, 7) is 6.92. The van der Waals surface area contributed by atoms with E-state index in [1.807, 2.05) is 17.0 Å². The molecule has 2 aromatic carbocycles. The second-order valence-corrected chi connectivity index (χ2v) is 6.73. The van der Waals surface area contributed by atoms with Gasteiger partial charge >= 0.3 is 5.97 Å². The number of esters is 1. The molecule has 0 heterocycles. The molecule has 0 spiro atoms. The van der Waals surface area contributed by atoms with Gasteiger partial charge in [0.25, 0.3) is 5.69 Å². The second kappa shape index (κ2) is 12.9. The number of non-ortho nitro benzene ring substituents is 1. The summed E-state index contributed by atoms with van der Waals surface area (Å²) in [7, 11) is 0. The van der Waals surface area contributed by atoms with Gasteiger partial charge < -0.3 is 19.5 Å². The van der Waals surface area contributed by atoms with E-state index in [1.165, 1.54) is 24.3 Å². The van der Waals surface area contributed by atoms with E-state index in [4.69, 9.17) is 14.6 Å². The summed E-state index contributed by atoms with van der Waals surface area (Å²) >= 11 is 0. The summed E-state index contributed by atoms with van der Waals surface area (Å²) in [4.78, 5) is 23.8. The van der Waals surface area contributed by atoms with E-state index in [9.17, 15) is 14.9 Å². The van der Waals surface area contributed by atoms with Crippen molar-refractivity contribution in [3.63, 3.8) is 0 Å². The number of ether oxygens (including phenoxy) is 2. The van der Waals surface area contributed by atoms with Crippen LogP contribution < -0.4 is 4.90 Å². The van der Waals surface area contributed by atoms with Crippen LogP contribution in [-0.4, -0.2) is 55.5 Å². The minimum atomic E-state index is -0.472. The molecule has 0 unspecified atom stereocenters. The van der Waals surface area contributed by atoms with Crippen LogP contribution in [0.4, 0.5) is 22.7 Å². The molecule has 0 radical (unpaired) electrons. The fourth-order valence-corrected chi connectivity index (χ4v) is 2.57. The maximum Gasteiger partial charge on any atom is 0.333 e. The topological polar surface area (TPSA) is 127 Å². The Hall–Kier alpha value is -3.63. The molecule has 0 aliphatic rings. The number of hydrogen-bond donors (Lipinski definition) is 1. The van der Waals surface area contributed by atoms with Gasteiger partial charge in [0.05, 0.1) is 42.7 Å². The van der Waals surface area contributed by atoms with Crippen LogP contribution in [-0.2, 0) is 14.3 Å². The molecule has 0 saturated carbocycles. The van der Waals surface area contributed by atoms with E-state index < -0.39 is 10.9 Å². The molecule has 2 rings (SSSR count). The quantitative estimate of drug-likeness (QED) is 0.124. The number of aliphatic hydroxyl groups is 1. The minimum absolute atomic E-state index is 0.00899. The van der Waals surface area contributed by atoms with Crippen molar-refractivity contribution >= 4 is 28.7 Å². The van der Waals surface area contributed by atoms with Crippen LogP contribution in [0, 0.1) is 10.1 Å². The van der Waals surface area contributed by atoms with Crippen molar-refractivity contribution < 1.29 is 24.3 Å². The average Bonchev–Trinajstić information content (AvgIpc) is 2.79. The van der Waals surface area contributed by atoms with Crippen LogP contribution in [0.5, 0.6) is 0 Å². The molecule has 32 heavy (non-hydrogen) atoms. The van der Waals surface area contributed by atoms with Gasteiger partial charge in [-0.05, 0) is 43.3 Å². The van der Waals surface area contributed by atoms with Gasteiger partial charge in [-0.15, -0.1) is 0 Å². The molecule has 0 saturated heterocycles. The van der Waals surface area contributed by atoms with Gasteiger partial charge in [-0.3, -0.25) is 10.1 Å². The first-order valence-corrected chi connectivity index (χ1v) is 9.93. The Bertz CT molecular complexity index is 928. The number of nitro benzene ring substituents is 1. The highest BCUT2D eigenvalue weighted by molar-refractivity contribution is 5.86. The lowest BCUT2D eigenvalue weighted by Crippen LogP contribution is -2.31. The van der Waals surface area contributed by atoms with E-state index in [-0.39, 0.29) is 25.5 Å². The van der Waals surface area contributed by atoms with Gasteiger partial charge in [0, 0.05) is 29.9 Å². The second-order valence-electron chi connectivity index (χ2n) is 6.73. The first-order valence-electron chi connectivity index (χ1n) is 9.93. The van der Waals surface area contributed by atoms with E-state index in [0.717, 1.165) is 5.69 Å². The number of aliphatic hydroxyl groups excluding tert-OH is 1. The van der Waals surface area contributed by atoms with Gasteiger partial charge in [-0.25, -0.2) is 4.79 Å². The summed E-state index contributed by atoms with van der Waals surface area (Å²) in [5.41, 5.74) is 2.31. The first-order chi connectivity index (χ1) is 15.4. The zero-order valence-corrected chi connectivity index (χ0v) is 17.8. The van der Waals surface area contributed by atoms with Crippen LogP contribution in [0.25, 0.3) is 0 Å². The predicted molar refractivity (Wildman–Crippen MR) is 120 cm³/mol. The van der Waals surface area contributed by atoms with Crippen LogP contribution >= 0.6 is 0 Å². The Morgan fingerprint density at radius 2 is 1.59 bits per heavy atom. The van der Waals surface area contributed by atoms with E-state index in [1.54, 1.807) is 19.1 Å². The normalized spacial score (nSPS) is 10.8. The standard InChI is InChI=1S/C22H26N4O6/c1-17(2)22(28)32-15-12-25(11-14-31-16-13-27)20-7-3-18(4-8-20)23-24-19-5-9-21(10-6-19)26(29)30/h3-10,27H,1,11-16H2,2H3/b24-23+. The molecule has 170 valence electrons. The number of hydrogen-bond acceptors (Lipinski definition) is 9. The number of carbonyl (C=O) groups is 1. The third-order valence-electron chi connectivity index (χ3n) is 4.24. The van der Waals surface area contributed by atoms with Gasteiger partial charge in [0.1, 0.15) is 6.61 Å². The molecule has 0 bridgehead atoms. The van der Waals surface area contributed by atoms with Crippen molar-refractivity contribution in [2.75, 3.05) is 44.4 Å². The molecule has 0 atom stereocenters. The zero-order chi connectivity index (χ0) is 23.3.